The van der Waals surface area contributed by atoms with Gasteiger partial charge in [0.25, 0.3) is 0 Å². The molecule has 0 radical (unpaired) electrons. The highest BCUT2D eigenvalue weighted by molar-refractivity contribution is 9.08. The van der Waals surface area contributed by atoms with Crippen LogP contribution in [0.4, 0.5) is 10.1 Å². The van der Waals surface area contributed by atoms with Crippen LogP contribution < -0.4 is 4.90 Å². The fraction of sp³-hybridized carbons (Fsp3) is 0.600. The van der Waals surface area contributed by atoms with Crippen LogP contribution in [0.2, 0.25) is 0 Å². The molecule has 19 heavy (non-hydrogen) atoms. The summed E-state index contributed by atoms with van der Waals surface area (Å²) >= 11 is 3.45. The van der Waals surface area contributed by atoms with Gasteiger partial charge in [0.15, 0.2) is 0 Å². The van der Waals surface area contributed by atoms with Gasteiger partial charge in [0.1, 0.15) is 5.82 Å². The van der Waals surface area contributed by atoms with Crippen LogP contribution in [0.1, 0.15) is 19.4 Å². The van der Waals surface area contributed by atoms with E-state index in [0.29, 0.717) is 11.2 Å². The van der Waals surface area contributed by atoms with Gasteiger partial charge >= 0.3 is 0 Å². The molecule has 108 valence electrons. The van der Waals surface area contributed by atoms with Gasteiger partial charge in [-0.2, -0.15) is 0 Å². The lowest BCUT2D eigenvalue weighted by Crippen LogP contribution is -2.35. The quantitative estimate of drug-likeness (QED) is 0.702. The summed E-state index contributed by atoms with van der Waals surface area (Å²) in [5.74, 6) is 0.376. The highest BCUT2D eigenvalue weighted by Gasteiger charge is 2.16. The lowest BCUT2D eigenvalue weighted by molar-refractivity contribution is 0.407. The molecule has 0 heterocycles. The molecule has 0 aliphatic heterocycles. The highest BCUT2D eigenvalue weighted by Crippen LogP contribution is 2.27. The SMILES string of the molecule is CC(C)CN(CCN(C)C)c1c(F)cccc1CBr. The van der Waals surface area contributed by atoms with Gasteiger partial charge in [-0.15, -0.1) is 0 Å². The average Bonchev–Trinajstić information content (AvgIpc) is 2.33. The number of nitrogens with zero attached hydrogens (tertiary/aromatic N) is 2. The van der Waals surface area contributed by atoms with Crippen LogP contribution in [-0.4, -0.2) is 38.6 Å². The smallest absolute Gasteiger partial charge is 0.146 e. The van der Waals surface area contributed by atoms with Gasteiger partial charge in [-0.25, -0.2) is 4.39 Å². The molecule has 0 amide bonds. The van der Waals surface area contributed by atoms with Gasteiger partial charge < -0.3 is 9.80 Å². The van der Waals surface area contributed by atoms with Crippen molar-refractivity contribution in [3.63, 3.8) is 0 Å². The molecule has 1 aromatic rings. The number of benzene rings is 1. The molecule has 0 saturated carbocycles. The van der Waals surface area contributed by atoms with Crippen LogP contribution in [0.3, 0.4) is 0 Å². The molecule has 0 fully saturated rings. The van der Waals surface area contributed by atoms with E-state index in [-0.39, 0.29) is 5.82 Å². The van der Waals surface area contributed by atoms with E-state index in [1.807, 2.05) is 20.2 Å². The third-order valence-electron chi connectivity index (χ3n) is 2.93. The zero-order valence-corrected chi connectivity index (χ0v) is 13.9. The number of hydrogen-bond acceptors (Lipinski definition) is 2. The van der Waals surface area contributed by atoms with Gasteiger partial charge in [-0.3, -0.25) is 0 Å². The standard InChI is InChI=1S/C15H24BrFN2/c1-12(2)11-19(9-8-18(3)4)15-13(10-16)6-5-7-14(15)17/h5-7,12H,8-11H2,1-4H3. The third-order valence-corrected chi connectivity index (χ3v) is 3.54. The van der Waals surface area contributed by atoms with Crippen LogP contribution >= 0.6 is 15.9 Å². The average molecular weight is 331 g/mol. The van der Waals surface area contributed by atoms with E-state index in [4.69, 9.17) is 0 Å². The largest absolute Gasteiger partial charge is 0.367 e. The second kappa shape index (κ2) is 7.85. The molecule has 0 bridgehead atoms. The van der Waals surface area contributed by atoms with Crippen LogP contribution in [0.25, 0.3) is 0 Å². The maximum Gasteiger partial charge on any atom is 0.146 e. The number of rotatable bonds is 7. The summed E-state index contributed by atoms with van der Waals surface area (Å²) in [6.07, 6.45) is 0. The van der Waals surface area contributed by atoms with Crippen molar-refractivity contribution in [1.82, 2.24) is 4.90 Å². The first-order valence-electron chi connectivity index (χ1n) is 6.68. The van der Waals surface area contributed by atoms with Crippen LogP contribution in [0, 0.1) is 11.7 Å². The predicted octanol–water partition coefficient (Wildman–Crippen LogP) is 3.74. The fourth-order valence-corrected chi connectivity index (χ4v) is 2.53. The molecule has 1 rings (SSSR count). The first kappa shape index (κ1) is 16.4. The monoisotopic (exact) mass is 330 g/mol. The van der Waals surface area contributed by atoms with Crippen molar-refractivity contribution in [1.29, 1.82) is 0 Å². The molecular formula is C15H24BrFN2. The molecular weight excluding hydrogens is 307 g/mol. The second-order valence-corrected chi connectivity index (χ2v) is 6.09. The lowest BCUT2D eigenvalue weighted by atomic mass is 10.1. The summed E-state index contributed by atoms with van der Waals surface area (Å²) in [4.78, 5) is 4.29. The Labute approximate surface area is 124 Å². The van der Waals surface area contributed by atoms with Crippen molar-refractivity contribution in [3.8, 4) is 0 Å². The maximum absolute atomic E-state index is 14.2. The number of halogens is 2. The Kier molecular flexibility index (Phi) is 6.80. The molecule has 4 heteroatoms. The van der Waals surface area contributed by atoms with Crippen molar-refractivity contribution in [2.24, 2.45) is 5.92 Å². The molecule has 0 atom stereocenters. The minimum Gasteiger partial charge on any atom is -0.367 e. The fourth-order valence-electron chi connectivity index (χ4n) is 2.08. The molecule has 0 saturated heterocycles. The Morgan fingerprint density at radius 2 is 1.89 bits per heavy atom. The first-order chi connectivity index (χ1) is 8.95. The summed E-state index contributed by atoms with van der Waals surface area (Å²) in [6, 6.07) is 5.30. The summed E-state index contributed by atoms with van der Waals surface area (Å²) in [5.41, 5.74) is 1.76. The van der Waals surface area contributed by atoms with Crippen LogP contribution in [0.15, 0.2) is 18.2 Å². The zero-order chi connectivity index (χ0) is 14.4. The number of likely N-dealkylation sites (N-methyl/N-ethyl adjacent to an activating group) is 1. The van der Waals surface area contributed by atoms with Gasteiger partial charge in [0.05, 0.1) is 5.69 Å². The van der Waals surface area contributed by atoms with E-state index in [0.717, 1.165) is 30.9 Å². The van der Waals surface area contributed by atoms with E-state index in [2.05, 4.69) is 39.6 Å². The Morgan fingerprint density at radius 3 is 2.42 bits per heavy atom. The van der Waals surface area contributed by atoms with Crippen molar-refractivity contribution < 1.29 is 4.39 Å². The van der Waals surface area contributed by atoms with E-state index in [9.17, 15) is 4.39 Å². The van der Waals surface area contributed by atoms with Gasteiger partial charge in [-0.05, 0) is 31.6 Å². The minimum absolute atomic E-state index is 0.128. The van der Waals surface area contributed by atoms with Crippen molar-refractivity contribution >= 4 is 21.6 Å². The third kappa shape index (κ3) is 5.11. The Hall–Kier alpha value is -0.610. The molecule has 2 nitrogen and oxygen atoms in total. The Balaban J connectivity index is 3.01. The summed E-state index contributed by atoms with van der Waals surface area (Å²) < 4.78 is 14.2. The highest BCUT2D eigenvalue weighted by atomic mass is 79.9. The normalized spacial score (nSPS) is 11.4. The van der Waals surface area contributed by atoms with E-state index < -0.39 is 0 Å². The van der Waals surface area contributed by atoms with E-state index >= 15 is 0 Å². The molecule has 0 aliphatic carbocycles. The number of alkyl halides is 1. The summed E-state index contributed by atoms with van der Waals surface area (Å²) in [5, 5.41) is 0.677. The van der Waals surface area contributed by atoms with Crippen LogP contribution in [0.5, 0.6) is 0 Å². The van der Waals surface area contributed by atoms with E-state index in [1.165, 1.54) is 0 Å². The van der Waals surface area contributed by atoms with E-state index in [1.54, 1.807) is 12.1 Å². The molecule has 0 aliphatic rings. The molecule has 0 unspecified atom stereocenters. The second-order valence-electron chi connectivity index (χ2n) is 5.52. The lowest BCUT2D eigenvalue weighted by Gasteiger charge is -2.30. The topological polar surface area (TPSA) is 6.48 Å². The van der Waals surface area contributed by atoms with Crippen molar-refractivity contribution in [2.45, 2.75) is 19.2 Å². The van der Waals surface area contributed by atoms with Crippen molar-refractivity contribution in [2.75, 3.05) is 38.6 Å². The Morgan fingerprint density at radius 1 is 1.21 bits per heavy atom. The predicted molar refractivity (Wildman–Crippen MR) is 84.6 cm³/mol. The van der Waals surface area contributed by atoms with Crippen molar-refractivity contribution in [3.05, 3.63) is 29.6 Å². The molecule has 0 spiro atoms. The van der Waals surface area contributed by atoms with Gasteiger partial charge in [0.2, 0.25) is 0 Å². The maximum atomic E-state index is 14.2. The molecule has 0 N–H and O–H groups in total. The molecule has 1 aromatic carbocycles. The van der Waals surface area contributed by atoms with Gasteiger partial charge in [-0.1, -0.05) is 41.9 Å². The number of anilines is 1. The van der Waals surface area contributed by atoms with Crippen LogP contribution in [-0.2, 0) is 5.33 Å². The summed E-state index contributed by atoms with van der Waals surface area (Å²) in [7, 11) is 4.08. The minimum atomic E-state index is -0.128. The first-order valence-corrected chi connectivity index (χ1v) is 7.80. The number of hydrogen-bond donors (Lipinski definition) is 0. The number of para-hydroxylation sites is 1. The summed E-state index contributed by atoms with van der Waals surface area (Å²) in [6.45, 7) is 6.96. The molecule has 0 aromatic heterocycles. The van der Waals surface area contributed by atoms with Gasteiger partial charge in [0, 0.05) is 25.0 Å². The zero-order valence-electron chi connectivity index (χ0n) is 12.3. The Bertz CT molecular complexity index is 394.